The van der Waals surface area contributed by atoms with Crippen LogP contribution in [0.3, 0.4) is 0 Å². The van der Waals surface area contributed by atoms with Crippen molar-refractivity contribution in [1.82, 2.24) is 9.78 Å². The summed E-state index contributed by atoms with van der Waals surface area (Å²) >= 11 is 0. The molecule has 0 bridgehead atoms. The minimum absolute atomic E-state index is 0.00317. The molecule has 164 valence electrons. The van der Waals surface area contributed by atoms with Crippen LogP contribution in [0.15, 0.2) is 54.9 Å². The summed E-state index contributed by atoms with van der Waals surface area (Å²) in [4.78, 5) is 12.5. The standard InChI is InChI=1S/C22H23F2N3O4/c1-3-29-19-10-9-15(11-20(19)30-4-2)13-27-14-16(12-25-27)26-21(28)17-7-5-6-8-18(17)31-22(23)24/h5-12,14,22H,3-4,13H2,1-2H3,(H,26,28). The topological polar surface area (TPSA) is 74.6 Å². The predicted octanol–water partition coefficient (Wildman–Crippen LogP) is 4.58. The first-order chi connectivity index (χ1) is 15.0. The highest BCUT2D eigenvalue weighted by Crippen LogP contribution is 2.29. The first-order valence-corrected chi connectivity index (χ1v) is 9.76. The highest BCUT2D eigenvalue weighted by Gasteiger charge is 2.16. The van der Waals surface area contributed by atoms with Crippen LogP contribution in [0.1, 0.15) is 29.8 Å². The Morgan fingerprint density at radius 2 is 1.81 bits per heavy atom. The predicted molar refractivity (Wildman–Crippen MR) is 111 cm³/mol. The number of hydrogen-bond donors (Lipinski definition) is 1. The van der Waals surface area contributed by atoms with Gasteiger partial charge in [0.25, 0.3) is 5.91 Å². The van der Waals surface area contributed by atoms with Crippen LogP contribution in [0.25, 0.3) is 0 Å². The molecule has 0 aliphatic carbocycles. The summed E-state index contributed by atoms with van der Waals surface area (Å²) in [7, 11) is 0. The van der Waals surface area contributed by atoms with Crippen molar-refractivity contribution in [1.29, 1.82) is 0 Å². The Hall–Kier alpha value is -3.62. The number of benzene rings is 2. The van der Waals surface area contributed by atoms with Crippen LogP contribution in [-0.4, -0.2) is 35.5 Å². The van der Waals surface area contributed by atoms with Crippen molar-refractivity contribution in [3.63, 3.8) is 0 Å². The molecule has 0 unspecified atom stereocenters. The first-order valence-electron chi connectivity index (χ1n) is 9.76. The zero-order valence-electron chi connectivity index (χ0n) is 17.2. The fourth-order valence-electron chi connectivity index (χ4n) is 2.95. The maximum absolute atomic E-state index is 12.6. The third-order valence-corrected chi connectivity index (χ3v) is 4.19. The fourth-order valence-corrected chi connectivity index (χ4v) is 2.95. The van der Waals surface area contributed by atoms with Crippen molar-refractivity contribution < 1.29 is 27.8 Å². The van der Waals surface area contributed by atoms with Crippen molar-refractivity contribution in [2.24, 2.45) is 0 Å². The van der Waals surface area contributed by atoms with Crippen LogP contribution in [0.5, 0.6) is 17.2 Å². The Bertz CT molecular complexity index is 1020. The minimum Gasteiger partial charge on any atom is -0.490 e. The van der Waals surface area contributed by atoms with Gasteiger partial charge in [-0.15, -0.1) is 0 Å². The molecule has 1 amide bonds. The Morgan fingerprint density at radius 3 is 2.55 bits per heavy atom. The Balaban J connectivity index is 1.70. The number of alkyl halides is 2. The van der Waals surface area contributed by atoms with Gasteiger partial charge in [0.1, 0.15) is 5.75 Å². The van der Waals surface area contributed by atoms with E-state index in [0.29, 0.717) is 36.9 Å². The zero-order chi connectivity index (χ0) is 22.2. The Morgan fingerprint density at radius 1 is 1.06 bits per heavy atom. The molecule has 1 heterocycles. The number of ether oxygens (including phenoxy) is 3. The van der Waals surface area contributed by atoms with Gasteiger partial charge in [-0.2, -0.15) is 13.9 Å². The quantitative estimate of drug-likeness (QED) is 0.509. The van der Waals surface area contributed by atoms with Crippen LogP contribution < -0.4 is 19.5 Å². The molecular formula is C22H23F2N3O4. The van der Waals surface area contributed by atoms with Crippen molar-refractivity contribution in [3.05, 3.63) is 66.0 Å². The van der Waals surface area contributed by atoms with Gasteiger partial charge in [-0.05, 0) is 43.7 Å². The molecule has 9 heteroatoms. The van der Waals surface area contributed by atoms with E-state index in [-0.39, 0.29) is 11.3 Å². The third kappa shape index (κ3) is 5.94. The van der Waals surface area contributed by atoms with E-state index in [1.807, 2.05) is 32.0 Å². The average molecular weight is 431 g/mol. The van der Waals surface area contributed by atoms with E-state index in [0.717, 1.165) is 5.56 Å². The number of carbonyl (C=O) groups is 1. The van der Waals surface area contributed by atoms with Crippen LogP contribution in [0, 0.1) is 0 Å². The number of carbonyl (C=O) groups excluding carboxylic acids is 1. The second-order valence-corrected chi connectivity index (χ2v) is 6.40. The number of halogens is 2. The third-order valence-electron chi connectivity index (χ3n) is 4.19. The second kappa shape index (κ2) is 10.4. The number of aromatic nitrogens is 2. The average Bonchev–Trinajstić information content (AvgIpc) is 3.17. The Labute approximate surface area is 178 Å². The van der Waals surface area contributed by atoms with Crippen LogP contribution in [0.4, 0.5) is 14.5 Å². The van der Waals surface area contributed by atoms with Gasteiger partial charge in [0.2, 0.25) is 0 Å². The number of rotatable bonds is 10. The highest BCUT2D eigenvalue weighted by molar-refractivity contribution is 6.06. The Kier molecular flexibility index (Phi) is 7.42. The first kappa shape index (κ1) is 22.1. The van der Waals surface area contributed by atoms with Crippen LogP contribution in [-0.2, 0) is 6.54 Å². The van der Waals surface area contributed by atoms with Gasteiger partial charge in [0, 0.05) is 6.20 Å². The summed E-state index contributed by atoms with van der Waals surface area (Å²) in [6, 6.07) is 11.4. The van der Waals surface area contributed by atoms with E-state index < -0.39 is 12.5 Å². The lowest BCUT2D eigenvalue weighted by atomic mass is 10.2. The summed E-state index contributed by atoms with van der Waals surface area (Å²) in [5.74, 6) is 0.556. The molecule has 3 aromatic rings. The number of amides is 1. The van der Waals surface area contributed by atoms with Crippen molar-refractivity contribution >= 4 is 11.6 Å². The molecule has 0 spiro atoms. The van der Waals surface area contributed by atoms with E-state index in [4.69, 9.17) is 9.47 Å². The molecule has 0 aliphatic heterocycles. The maximum Gasteiger partial charge on any atom is 0.387 e. The summed E-state index contributed by atoms with van der Waals surface area (Å²) in [6.07, 6.45) is 3.12. The molecule has 0 fully saturated rings. The van der Waals surface area contributed by atoms with Gasteiger partial charge in [-0.3, -0.25) is 9.48 Å². The summed E-state index contributed by atoms with van der Waals surface area (Å²) < 4.78 is 42.4. The normalized spacial score (nSPS) is 10.7. The van der Waals surface area contributed by atoms with Crippen molar-refractivity contribution in [2.45, 2.75) is 27.0 Å². The number of nitrogens with zero attached hydrogens (tertiary/aromatic N) is 2. The molecule has 0 aliphatic rings. The SMILES string of the molecule is CCOc1ccc(Cn2cc(NC(=O)c3ccccc3OC(F)F)cn2)cc1OCC. The van der Waals surface area contributed by atoms with Gasteiger partial charge in [0.05, 0.1) is 37.2 Å². The van der Waals surface area contributed by atoms with Gasteiger partial charge in [0.15, 0.2) is 11.5 Å². The highest BCUT2D eigenvalue weighted by atomic mass is 19.3. The van der Waals surface area contributed by atoms with Crippen molar-refractivity contribution in [3.8, 4) is 17.2 Å². The molecule has 0 radical (unpaired) electrons. The molecule has 0 saturated heterocycles. The van der Waals surface area contributed by atoms with Crippen LogP contribution in [0.2, 0.25) is 0 Å². The fraction of sp³-hybridized carbons (Fsp3) is 0.273. The second-order valence-electron chi connectivity index (χ2n) is 6.40. The lowest BCUT2D eigenvalue weighted by Gasteiger charge is -2.12. The van der Waals surface area contributed by atoms with Crippen LogP contribution >= 0.6 is 0 Å². The molecular weight excluding hydrogens is 408 g/mol. The molecule has 31 heavy (non-hydrogen) atoms. The molecule has 3 rings (SSSR count). The molecule has 1 N–H and O–H groups in total. The molecule has 1 aromatic heterocycles. The van der Waals surface area contributed by atoms with Crippen molar-refractivity contribution in [2.75, 3.05) is 18.5 Å². The summed E-state index contributed by atoms with van der Waals surface area (Å²) in [6.45, 7) is 2.27. The number of para-hydroxylation sites is 1. The van der Waals surface area contributed by atoms with Gasteiger partial charge < -0.3 is 19.5 Å². The summed E-state index contributed by atoms with van der Waals surface area (Å²) in [5, 5.41) is 6.89. The minimum atomic E-state index is -3.02. The lowest BCUT2D eigenvalue weighted by molar-refractivity contribution is -0.0501. The van der Waals surface area contributed by atoms with Gasteiger partial charge >= 0.3 is 6.61 Å². The van der Waals surface area contributed by atoms with E-state index >= 15 is 0 Å². The largest absolute Gasteiger partial charge is 0.490 e. The monoisotopic (exact) mass is 431 g/mol. The maximum atomic E-state index is 12.6. The smallest absolute Gasteiger partial charge is 0.387 e. The van der Waals surface area contributed by atoms with E-state index in [1.165, 1.54) is 24.4 Å². The number of nitrogens with one attached hydrogen (secondary N) is 1. The number of hydrogen-bond acceptors (Lipinski definition) is 5. The molecule has 0 atom stereocenters. The van der Waals surface area contributed by atoms with E-state index in [1.54, 1.807) is 16.9 Å². The molecule has 7 nitrogen and oxygen atoms in total. The van der Waals surface area contributed by atoms with E-state index in [2.05, 4.69) is 15.2 Å². The molecule has 0 saturated carbocycles. The molecule has 2 aromatic carbocycles. The van der Waals surface area contributed by atoms with E-state index in [9.17, 15) is 13.6 Å². The zero-order valence-corrected chi connectivity index (χ0v) is 17.2. The number of anilines is 1. The summed E-state index contributed by atoms with van der Waals surface area (Å²) in [5.41, 5.74) is 1.36. The van der Waals surface area contributed by atoms with Gasteiger partial charge in [-0.1, -0.05) is 18.2 Å². The lowest BCUT2D eigenvalue weighted by Crippen LogP contribution is -2.14. The van der Waals surface area contributed by atoms with Gasteiger partial charge in [-0.25, -0.2) is 0 Å².